The van der Waals surface area contributed by atoms with Crippen LogP contribution in [0.25, 0.3) is 0 Å². The third-order valence-corrected chi connectivity index (χ3v) is 4.74. The van der Waals surface area contributed by atoms with Crippen molar-refractivity contribution >= 4 is 17.5 Å². The number of allylic oxidation sites excluding steroid dienone is 4. The Balaban J connectivity index is 2.28. The number of ketones is 2. The highest BCUT2D eigenvalue weighted by atomic mass is 16.5. The first-order valence-corrected chi connectivity index (χ1v) is 9.54. The molecule has 0 aromatic heterocycles. The molecule has 0 heterocycles. The fourth-order valence-corrected chi connectivity index (χ4v) is 3.13. The number of methoxy groups -OCH3 is 1. The minimum atomic E-state index is -0.188. The third kappa shape index (κ3) is 8.80. The second-order valence-electron chi connectivity index (χ2n) is 6.74. The summed E-state index contributed by atoms with van der Waals surface area (Å²) in [6.07, 6.45) is 15.6. The summed E-state index contributed by atoms with van der Waals surface area (Å²) >= 11 is 0. The number of carbonyl (C=O) groups excluding carboxylic acids is 3. The van der Waals surface area contributed by atoms with E-state index in [0.29, 0.717) is 31.5 Å². The van der Waals surface area contributed by atoms with Crippen molar-refractivity contribution in [2.24, 2.45) is 11.8 Å². The molecule has 1 unspecified atom stereocenters. The summed E-state index contributed by atoms with van der Waals surface area (Å²) < 4.78 is 4.60. The predicted octanol–water partition coefficient (Wildman–Crippen LogP) is 4.58. The Morgan fingerprint density at radius 3 is 2.64 bits per heavy atom. The molecule has 0 aromatic carbocycles. The number of Topliss-reactive ketones (excluding diaryl/α,β-unsaturated/α-hetero) is 1. The van der Waals surface area contributed by atoms with Crippen LogP contribution in [-0.4, -0.2) is 24.6 Å². The van der Waals surface area contributed by atoms with Gasteiger partial charge >= 0.3 is 5.97 Å². The van der Waals surface area contributed by atoms with Crippen LogP contribution < -0.4 is 0 Å². The number of hydrogen-bond donors (Lipinski definition) is 0. The zero-order valence-electron chi connectivity index (χ0n) is 15.7. The first-order chi connectivity index (χ1) is 12.1. The summed E-state index contributed by atoms with van der Waals surface area (Å²) in [5, 5.41) is 0. The molecule has 140 valence electrons. The van der Waals surface area contributed by atoms with Gasteiger partial charge in [-0.3, -0.25) is 14.4 Å². The Hall–Kier alpha value is -1.71. The van der Waals surface area contributed by atoms with Crippen molar-refractivity contribution in [1.29, 1.82) is 0 Å². The maximum atomic E-state index is 12.0. The van der Waals surface area contributed by atoms with Gasteiger partial charge in [-0.25, -0.2) is 0 Å². The summed E-state index contributed by atoms with van der Waals surface area (Å²) in [4.78, 5) is 35.0. The van der Waals surface area contributed by atoms with Crippen LogP contribution >= 0.6 is 0 Å². The highest BCUT2D eigenvalue weighted by Gasteiger charge is 2.28. The van der Waals surface area contributed by atoms with E-state index < -0.39 is 0 Å². The lowest BCUT2D eigenvalue weighted by molar-refractivity contribution is -0.140. The van der Waals surface area contributed by atoms with E-state index in [0.717, 1.165) is 38.5 Å². The van der Waals surface area contributed by atoms with Crippen LogP contribution in [0.15, 0.2) is 24.3 Å². The highest BCUT2D eigenvalue weighted by Crippen LogP contribution is 2.30. The Morgan fingerprint density at radius 2 is 1.92 bits per heavy atom. The van der Waals surface area contributed by atoms with Crippen LogP contribution in [0.1, 0.15) is 71.1 Å². The summed E-state index contributed by atoms with van der Waals surface area (Å²) in [6.45, 7) is 2.13. The molecule has 1 rings (SSSR count). The van der Waals surface area contributed by atoms with E-state index in [1.54, 1.807) is 6.08 Å². The van der Waals surface area contributed by atoms with Crippen molar-refractivity contribution in [3.63, 3.8) is 0 Å². The summed E-state index contributed by atoms with van der Waals surface area (Å²) in [7, 11) is 1.39. The van der Waals surface area contributed by atoms with Crippen molar-refractivity contribution < 1.29 is 19.1 Å². The SMILES string of the molecule is CCCCCC(=O)CCC1C=CC(=O)[C@@H]1C/C=C\CCCC(=O)OC. The Morgan fingerprint density at radius 1 is 1.12 bits per heavy atom. The van der Waals surface area contributed by atoms with Gasteiger partial charge in [-0.15, -0.1) is 0 Å². The topological polar surface area (TPSA) is 60.4 Å². The minimum Gasteiger partial charge on any atom is -0.469 e. The second kappa shape index (κ2) is 12.6. The predicted molar refractivity (Wildman–Crippen MR) is 99.1 cm³/mol. The molecule has 0 fully saturated rings. The lowest BCUT2D eigenvalue weighted by Crippen LogP contribution is -2.16. The smallest absolute Gasteiger partial charge is 0.305 e. The largest absolute Gasteiger partial charge is 0.469 e. The van der Waals surface area contributed by atoms with Gasteiger partial charge in [-0.1, -0.05) is 38.0 Å². The van der Waals surface area contributed by atoms with Crippen molar-refractivity contribution in [1.82, 2.24) is 0 Å². The Labute approximate surface area is 151 Å². The first kappa shape index (κ1) is 21.3. The van der Waals surface area contributed by atoms with Crippen molar-refractivity contribution in [2.75, 3.05) is 7.11 Å². The van der Waals surface area contributed by atoms with Crippen molar-refractivity contribution in [3.05, 3.63) is 24.3 Å². The van der Waals surface area contributed by atoms with Crippen LogP contribution in [-0.2, 0) is 19.1 Å². The lowest BCUT2D eigenvalue weighted by Gasteiger charge is -2.16. The zero-order valence-corrected chi connectivity index (χ0v) is 15.7. The zero-order chi connectivity index (χ0) is 18.5. The maximum Gasteiger partial charge on any atom is 0.305 e. The summed E-state index contributed by atoms with van der Waals surface area (Å²) in [5.41, 5.74) is 0. The molecule has 0 aromatic rings. The first-order valence-electron chi connectivity index (χ1n) is 9.54. The molecule has 25 heavy (non-hydrogen) atoms. The molecule has 0 saturated carbocycles. The van der Waals surface area contributed by atoms with Crippen LogP contribution in [0.3, 0.4) is 0 Å². The molecule has 0 radical (unpaired) electrons. The summed E-state index contributed by atoms with van der Waals surface area (Å²) in [6, 6.07) is 0. The van der Waals surface area contributed by atoms with Gasteiger partial charge in [0, 0.05) is 25.2 Å². The normalized spacial score (nSPS) is 19.7. The van der Waals surface area contributed by atoms with E-state index in [2.05, 4.69) is 11.7 Å². The van der Waals surface area contributed by atoms with Gasteiger partial charge < -0.3 is 4.74 Å². The quantitative estimate of drug-likeness (QED) is 0.278. The molecule has 4 heteroatoms. The van der Waals surface area contributed by atoms with Gasteiger partial charge in [0.2, 0.25) is 0 Å². The number of hydrogen-bond acceptors (Lipinski definition) is 4. The van der Waals surface area contributed by atoms with Crippen LogP contribution in [0.5, 0.6) is 0 Å². The van der Waals surface area contributed by atoms with Crippen molar-refractivity contribution in [2.45, 2.75) is 71.1 Å². The van der Waals surface area contributed by atoms with Gasteiger partial charge in [0.25, 0.3) is 0 Å². The van der Waals surface area contributed by atoms with E-state index >= 15 is 0 Å². The van der Waals surface area contributed by atoms with Gasteiger partial charge in [0.1, 0.15) is 5.78 Å². The molecular formula is C21H32O4. The van der Waals surface area contributed by atoms with Crippen molar-refractivity contribution in [3.8, 4) is 0 Å². The molecule has 0 spiro atoms. The van der Waals surface area contributed by atoms with Gasteiger partial charge in [0.15, 0.2) is 5.78 Å². The van der Waals surface area contributed by atoms with E-state index in [-0.39, 0.29) is 23.6 Å². The average molecular weight is 348 g/mol. The van der Waals surface area contributed by atoms with E-state index in [1.165, 1.54) is 7.11 Å². The summed E-state index contributed by atoms with van der Waals surface area (Å²) in [5.74, 6) is 0.454. The molecular weight excluding hydrogens is 316 g/mol. The lowest BCUT2D eigenvalue weighted by atomic mass is 9.87. The number of rotatable bonds is 13. The molecule has 4 nitrogen and oxygen atoms in total. The highest BCUT2D eigenvalue weighted by molar-refractivity contribution is 5.94. The molecule has 0 aliphatic heterocycles. The molecule has 1 aliphatic rings. The minimum absolute atomic E-state index is 0.0275. The number of carbonyl (C=O) groups is 3. The monoisotopic (exact) mass is 348 g/mol. The van der Waals surface area contributed by atoms with E-state index in [4.69, 9.17) is 0 Å². The molecule has 1 aliphatic carbocycles. The molecule has 2 atom stereocenters. The molecule has 0 bridgehead atoms. The molecule has 0 saturated heterocycles. The molecule has 0 amide bonds. The fourth-order valence-electron chi connectivity index (χ4n) is 3.13. The Bertz CT molecular complexity index is 490. The fraction of sp³-hybridized carbons (Fsp3) is 0.667. The van der Waals surface area contributed by atoms with E-state index in [9.17, 15) is 14.4 Å². The number of ether oxygens (including phenoxy) is 1. The number of unbranched alkanes of at least 4 members (excludes halogenated alkanes) is 3. The van der Waals surface area contributed by atoms with Crippen LogP contribution in [0, 0.1) is 11.8 Å². The van der Waals surface area contributed by atoms with E-state index in [1.807, 2.05) is 18.2 Å². The molecule has 0 N–H and O–H groups in total. The number of esters is 1. The van der Waals surface area contributed by atoms with Gasteiger partial charge in [0.05, 0.1) is 7.11 Å². The second-order valence-corrected chi connectivity index (χ2v) is 6.74. The van der Waals surface area contributed by atoms with Gasteiger partial charge in [-0.2, -0.15) is 0 Å². The van der Waals surface area contributed by atoms with Crippen LogP contribution in [0.4, 0.5) is 0 Å². The maximum absolute atomic E-state index is 12.0. The average Bonchev–Trinajstić information content (AvgIpc) is 2.96. The third-order valence-electron chi connectivity index (χ3n) is 4.74. The standard InChI is InChI=1S/C21H32O4/c1-3-4-7-10-18(22)15-13-17-14-16-20(23)19(17)11-8-5-6-9-12-21(24)25-2/h5,8,14,16-17,19H,3-4,6-7,9-13,15H2,1-2H3/b8-5-/t17?,19-/m1/s1. The Kier molecular flexibility index (Phi) is 10.8. The van der Waals surface area contributed by atoms with Gasteiger partial charge in [-0.05, 0) is 44.1 Å². The van der Waals surface area contributed by atoms with Crippen LogP contribution in [0.2, 0.25) is 0 Å².